The number of carbonyl (C=O) groups is 1. The van der Waals surface area contributed by atoms with E-state index < -0.39 is 0 Å². The van der Waals surface area contributed by atoms with Crippen LogP contribution < -0.4 is 4.74 Å². The first kappa shape index (κ1) is 13.7. The van der Waals surface area contributed by atoms with Crippen LogP contribution in [-0.2, 0) is 0 Å². The van der Waals surface area contributed by atoms with Crippen LogP contribution in [0.4, 0.5) is 0 Å². The standard InChI is InChI=1S/C17H13ClO3/c1-10-4-3-5-11(6-10)16(19)14-8-12-7-13(18)9-15(20-2)17(12)21-14/h3-9H,1-2H3. The van der Waals surface area contributed by atoms with E-state index in [4.69, 9.17) is 20.8 Å². The molecule has 0 N–H and O–H groups in total. The lowest BCUT2D eigenvalue weighted by atomic mass is 10.1. The van der Waals surface area contributed by atoms with Gasteiger partial charge in [0.25, 0.3) is 0 Å². The van der Waals surface area contributed by atoms with Crippen molar-refractivity contribution in [3.8, 4) is 5.75 Å². The van der Waals surface area contributed by atoms with E-state index in [1.165, 1.54) is 7.11 Å². The van der Waals surface area contributed by atoms with Crippen LogP contribution >= 0.6 is 11.6 Å². The van der Waals surface area contributed by atoms with Crippen LogP contribution in [0.1, 0.15) is 21.7 Å². The highest BCUT2D eigenvalue weighted by molar-refractivity contribution is 6.31. The summed E-state index contributed by atoms with van der Waals surface area (Å²) in [5, 5.41) is 1.28. The van der Waals surface area contributed by atoms with Gasteiger partial charge in [-0.3, -0.25) is 4.79 Å². The van der Waals surface area contributed by atoms with Crippen molar-refractivity contribution in [2.24, 2.45) is 0 Å². The number of hydrogen-bond donors (Lipinski definition) is 0. The van der Waals surface area contributed by atoms with Crippen LogP contribution in [-0.4, -0.2) is 12.9 Å². The predicted molar refractivity (Wildman–Crippen MR) is 82.4 cm³/mol. The lowest BCUT2D eigenvalue weighted by Crippen LogP contribution is -1.99. The van der Waals surface area contributed by atoms with E-state index in [-0.39, 0.29) is 11.5 Å². The van der Waals surface area contributed by atoms with Crippen LogP contribution in [0.2, 0.25) is 5.02 Å². The van der Waals surface area contributed by atoms with Gasteiger partial charge in [-0.25, -0.2) is 0 Å². The summed E-state index contributed by atoms with van der Waals surface area (Å²) in [7, 11) is 1.54. The molecule has 3 rings (SSSR count). The number of rotatable bonds is 3. The molecule has 0 fully saturated rings. The van der Waals surface area contributed by atoms with Crippen molar-refractivity contribution in [3.05, 3.63) is 64.4 Å². The summed E-state index contributed by atoms with van der Waals surface area (Å²) in [6.45, 7) is 1.94. The van der Waals surface area contributed by atoms with Gasteiger partial charge < -0.3 is 9.15 Å². The number of furan rings is 1. The first-order valence-electron chi connectivity index (χ1n) is 6.47. The molecule has 0 aliphatic carbocycles. The Hall–Kier alpha value is -2.26. The average Bonchev–Trinajstić information content (AvgIpc) is 2.89. The predicted octanol–water partition coefficient (Wildman–Crippen LogP) is 4.63. The van der Waals surface area contributed by atoms with Crippen molar-refractivity contribution in [2.75, 3.05) is 7.11 Å². The van der Waals surface area contributed by atoms with Gasteiger partial charge in [0.15, 0.2) is 17.1 Å². The maximum atomic E-state index is 12.5. The van der Waals surface area contributed by atoms with Gasteiger partial charge in [0.2, 0.25) is 5.78 Å². The molecule has 106 valence electrons. The highest BCUT2D eigenvalue weighted by Gasteiger charge is 2.17. The Morgan fingerprint density at radius 1 is 1.19 bits per heavy atom. The minimum absolute atomic E-state index is 0.159. The Bertz CT molecular complexity index is 833. The molecule has 4 heteroatoms. The van der Waals surface area contributed by atoms with Gasteiger partial charge >= 0.3 is 0 Å². The minimum Gasteiger partial charge on any atom is -0.493 e. The van der Waals surface area contributed by atoms with Crippen molar-refractivity contribution in [2.45, 2.75) is 6.92 Å². The van der Waals surface area contributed by atoms with Crippen molar-refractivity contribution < 1.29 is 13.9 Å². The van der Waals surface area contributed by atoms with E-state index in [1.54, 1.807) is 24.3 Å². The Labute approximate surface area is 127 Å². The molecule has 1 heterocycles. The van der Waals surface area contributed by atoms with Crippen molar-refractivity contribution >= 4 is 28.4 Å². The molecule has 0 saturated carbocycles. The van der Waals surface area contributed by atoms with E-state index in [9.17, 15) is 4.79 Å². The van der Waals surface area contributed by atoms with Gasteiger partial charge in [-0.05, 0) is 25.1 Å². The molecule has 3 aromatic rings. The molecule has 1 aromatic heterocycles. The Kier molecular flexibility index (Phi) is 3.43. The summed E-state index contributed by atoms with van der Waals surface area (Å²) in [5.41, 5.74) is 2.15. The third-order valence-corrected chi connectivity index (χ3v) is 3.49. The third-order valence-electron chi connectivity index (χ3n) is 3.27. The van der Waals surface area contributed by atoms with Crippen molar-refractivity contribution in [3.63, 3.8) is 0 Å². The van der Waals surface area contributed by atoms with Gasteiger partial charge in [0, 0.05) is 22.0 Å². The van der Waals surface area contributed by atoms with E-state index in [2.05, 4.69) is 0 Å². The monoisotopic (exact) mass is 300 g/mol. The second kappa shape index (κ2) is 5.26. The van der Waals surface area contributed by atoms with E-state index in [0.29, 0.717) is 21.9 Å². The van der Waals surface area contributed by atoms with Crippen molar-refractivity contribution in [1.29, 1.82) is 0 Å². The number of carbonyl (C=O) groups excluding carboxylic acids is 1. The number of aryl methyl sites for hydroxylation is 1. The topological polar surface area (TPSA) is 39.4 Å². The van der Waals surface area contributed by atoms with Gasteiger partial charge in [0.1, 0.15) is 0 Å². The molecule has 2 aromatic carbocycles. The molecule has 0 saturated heterocycles. The molecule has 0 unspecified atom stereocenters. The second-order valence-electron chi connectivity index (χ2n) is 4.84. The fraction of sp³-hybridized carbons (Fsp3) is 0.118. The van der Waals surface area contributed by atoms with Gasteiger partial charge in [-0.15, -0.1) is 0 Å². The molecule has 0 aliphatic rings. The molecule has 0 bridgehead atoms. The third kappa shape index (κ3) is 2.52. The van der Waals surface area contributed by atoms with E-state index in [0.717, 1.165) is 10.9 Å². The number of ketones is 1. The first-order valence-corrected chi connectivity index (χ1v) is 6.85. The minimum atomic E-state index is -0.159. The van der Waals surface area contributed by atoms with Crippen LogP contribution in [0.3, 0.4) is 0 Å². The molecule has 0 radical (unpaired) electrons. The summed E-state index contributed by atoms with van der Waals surface area (Å²) < 4.78 is 10.9. The Morgan fingerprint density at radius 2 is 2.00 bits per heavy atom. The SMILES string of the molecule is COc1cc(Cl)cc2cc(C(=O)c3cccc(C)c3)oc12. The van der Waals surface area contributed by atoms with Crippen LogP contribution in [0.15, 0.2) is 46.9 Å². The smallest absolute Gasteiger partial charge is 0.228 e. The second-order valence-corrected chi connectivity index (χ2v) is 5.27. The average molecular weight is 301 g/mol. The summed E-state index contributed by atoms with van der Waals surface area (Å²) in [6, 6.07) is 12.5. The molecule has 0 spiro atoms. The summed E-state index contributed by atoms with van der Waals surface area (Å²) >= 11 is 6.02. The molecular formula is C17H13ClO3. The lowest BCUT2D eigenvalue weighted by molar-refractivity contribution is 0.101. The molecule has 0 amide bonds. The zero-order valence-corrected chi connectivity index (χ0v) is 12.4. The fourth-order valence-corrected chi connectivity index (χ4v) is 2.49. The highest BCUT2D eigenvalue weighted by atomic mass is 35.5. The normalized spacial score (nSPS) is 10.8. The van der Waals surface area contributed by atoms with Gasteiger partial charge in [-0.2, -0.15) is 0 Å². The number of fused-ring (bicyclic) bond motifs is 1. The number of hydrogen-bond acceptors (Lipinski definition) is 3. The molecule has 3 nitrogen and oxygen atoms in total. The van der Waals surface area contributed by atoms with Crippen molar-refractivity contribution in [1.82, 2.24) is 0 Å². The zero-order valence-electron chi connectivity index (χ0n) is 11.6. The number of benzene rings is 2. The van der Waals surface area contributed by atoms with Crippen LogP contribution in [0, 0.1) is 6.92 Å². The fourth-order valence-electron chi connectivity index (χ4n) is 2.28. The van der Waals surface area contributed by atoms with Crippen LogP contribution in [0.25, 0.3) is 11.0 Å². The van der Waals surface area contributed by atoms with Gasteiger partial charge in [-0.1, -0.05) is 35.4 Å². The number of methoxy groups -OCH3 is 1. The highest BCUT2D eigenvalue weighted by Crippen LogP contribution is 2.33. The molecular weight excluding hydrogens is 288 g/mol. The largest absolute Gasteiger partial charge is 0.493 e. The van der Waals surface area contributed by atoms with Crippen LogP contribution in [0.5, 0.6) is 5.75 Å². The maximum absolute atomic E-state index is 12.5. The Morgan fingerprint density at radius 3 is 2.71 bits per heavy atom. The molecule has 0 atom stereocenters. The summed E-state index contributed by atoms with van der Waals surface area (Å²) in [4.78, 5) is 12.5. The van der Waals surface area contributed by atoms with E-state index >= 15 is 0 Å². The zero-order chi connectivity index (χ0) is 15.0. The maximum Gasteiger partial charge on any atom is 0.228 e. The summed E-state index contributed by atoms with van der Waals surface area (Å²) in [5.74, 6) is 0.630. The quantitative estimate of drug-likeness (QED) is 0.662. The van der Waals surface area contributed by atoms with E-state index in [1.807, 2.05) is 25.1 Å². The first-order chi connectivity index (χ1) is 10.1. The molecule has 21 heavy (non-hydrogen) atoms. The number of halogens is 1. The Balaban J connectivity index is 2.11. The lowest BCUT2D eigenvalue weighted by Gasteiger charge is -2.01. The van der Waals surface area contributed by atoms with Gasteiger partial charge in [0.05, 0.1) is 7.11 Å². The number of ether oxygens (including phenoxy) is 1. The summed E-state index contributed by atoms with van der Waals surface area (Å²) in [6.07, 6.45) is 0. The molecule has 0 aliphatic heterocycles.